The van der Waals surface area contributed by atoms with Crippen LogP contribution in [0, 0.1) is 13.8 Å². The van der Waals surface area contributed by atoms with E-state index in [1.807, 2.05) is 25.6 Å². The Bertz CT molecular complexity index is 572. The molecule has 2 aromatic heterocycles. The molecule has 20 heavy (non-hydrogen) atoms. The number of hydrogen-bond donors (Lipinski definition) is 1. The van der Waals surface area contributed by atoms with E-state index in [1.165, 1.54) is 0 Å². The number of aryl methyl sites for hydroxylation is 2. The van der Waals surface area contributed by atoms with Gasteiger partial charge in [-0.1, -0.05) is 12.1 Å². The van der Waals surface area contributed by atoms with Gasteiger partial charge < -0.3 is 9.84 Å². The van der Waals surface area contributed by atoms with Crippen molar-refractivity contribution in [3.63, 3.8) is 0 Å². The zero-order valence-electron chi connectivity index (χ0n) is 12.9. The van der Waals surface area contributed by atoms with E-state index in [-0.39, 0.29) is 0 Å². The topological polar surface area (TPSA) is 68.8 Å². The first-order valence-electron chi connectivity index (χ1n) is 7.11. The fourth-order valence-electron chi connectivity index (χ4n) is 2.25. The zero-order valence-corrected chi connectivity index (χ0v) is 12.9. The summed E-state index contributed by atoms with van der Waals surface area (Å²) < 4.78 is 7.41. The highest BCUT2D eigenvalue weighted by Gasteiger charge is 2.19. The van der Waals surface area contributed by atoms with Crippen LogP contribution >= 0.6 is 0 Å². The Morgan fingerprint density at radius 2 is 2.10 bits per heavy atom. The van der Waals surface area contributed by atoms with Gasteiger partial charge in [0.25, 0.3) is 5.89 Å². The third kappa shape index (κ3) is 2.90. The van der Waals surface area contributed by atoms with Crippen molar-refractivity contribution in [2.24, 2.45) is 0 Å². The second kappa shape index (κ2) is 6.17. The molecule has 1 N–H and O–H groups in total. The second-order valence-electron chi connectivity index (χ2n) is 5.18. The summed E-state index contributed by atoms with van der Waals surface area (Å²) in [5.74, 6) is 1.30. The maximum atomic E-state index is 5.41. The van der Waals surface area contributed by atoms with E-state index in [1.54, 1.807) is 0 Å². The Labute approximate surface area is 119 Å². The average Bonchev–Trinajstić information content (AvgIpc) is 2.96. The van der Waals surface area contributed by atoms with Crippen LogP contribution < -0.4 is 5.32 Å². The molecule has 0 aliphatic rings. The summed E-state index contributed by atoms with van der Waals surface area (Å²) in [5.41, 5.74) is 2.99. The van der Waals surface area contributed by atoms with E-state index >= 15 is 0 Å². The number of aromatic nitrogens is 4. The minimum atomic E-state index is 0.324. The molecule has 0 aliphatic carbocycles. The summed E-state index contributed by atoms with van der Waals surface area (Å²) in [6.07, 6.45) is 1.80. The first kappa shape index (κ1) is 14.7. The molecule has 6 heteroatoms. The third-order valence-electron chi connectivity index (χ3n) is 3.48. The predicted octanol–water partition coefficient (Wildman–Crippen LogP) is 2.11. The molecule has 1 unspecified atom stereocenters. The molecular weight excluding hydrogens is 254 g/mol. The summed E-state index contributed by atoms with van der Waals surface area (Å²) >= 11 is 0. The summed E-state index contributed by atoms with van der Waals surface area (Å²) in [6.45, 7) is 9.16. The van der Waals surface area contributed by atoms with Gasteiger partial charge in [0.15, 0.2) is 5.82 Å². The molecule has 6 nitrogen and oxygen atoms in total. The molecule has 2 heterocycles. The fourth-order valence-corrected chi connectivity index (χ4v) is 2.25. The monoisotopic (exact) mass is 277 g/mol. The predicted molar refractivity (Wildman–Crippen MR) is 77.5 cm³/mol. The van der Waals surface area contributed by atoms with Crippen molar-refractivity contribution in [2.45, 2.75) is 53.1 Å². The first-order valence-corrected chi connectivity index (χ1v) is 7.11. The zero-order chi connectivity index (χ0) is 14.7. The van der Waals surface area contributed by atoms with E-state index in [2.05, 4.69) is 34.4 Å². The minimum Gasteiger partial charge on any atom is -0.334 e. The quantitative estimate of drug-likeness (QED) is 0.875. The van der Waals surface area contributed by atoms with Crippen molar-refractivity contribution >= 4 is 0 Å². The normalized spacial score (nSPS) is 12.8. The lowest BCUT2D eigenvalue weighted by atomic mass is 10.2. The van der Waals surface area contributed by atoms with E-state index in [0.29, 0.717) is 11.9 Å². The molecule has 1 atom stereocenters. The van der Waals surface area contributed by atoms with Gasteiger partial charge in [0.05, 0.1) is 11.3 Å². The van der Waals surface area contributed by atoms with Gasteiger partial charge in [-0.3, -0.25) is 4.68 Å². The van der Waals surface area contributed by atoms with E-state index in [9.17, 15) is 0 Å². The molecular formula is C14H23N5O. The van der Waals surface area contributed by atoms with Crippen molar-refractivity contribution in [1.29, 1.82) is 0 Å². The van der Waals surface area contributed by atoms with Gasteiger partial charge in [-0.25, -0.2) is 0 Å². The maximum absolute atomic E-state index is 5.41. The van der Waals surface area contributed by atoms with Crippen LogP contribution in [0.25, 0.3) is 11.5 Å². The van der Waals surface area contributed by atoms with Crippen LogP contribution in [0.2, 0.25) is 0 Å². The molecule has 0 radical (unpaired) electrons. The number of nitrogens with one attached hydrogen (secondary N) is 1. The Balaban J connectivity index is 2.28. The molecule has 0 spiro atoms. The van der Waals surface area contributed by atoms with Crippen LogP contribution in [0.3, 0.4) is 0 Å². The lowest BCUT2D eigenvalue weighted by Gasteiger charge is -2.04. The van der Waals surface area contributed by atoms with E-state index in [0.717, 1.165) is 42.2 Å². The SMILES string of the molecule is CCCn1nc(C)c(-c2nc(CC(C)NC)no2)c1C. The molecule has 110 valence electrons. The van der Waals surface area contributed by atoms with Crippen molar-refractivity contribution in [1.82, 2.24) is 25.2 Å². The van der Waals surface area contributed by atoms with Crippen molar-refractivity contribution in [3.05, 3.63) is 17.2 Å². The average molecular weight is 277 g/mol. The van der Waals surface area contributed by atoms with E-state index < -0.39 is 0 Å². The molecule has 0 saturated carbocycles. The highest BCUT2D eigenvalue weighted by atomic mass is 16.5. The molecule has 2 rings (SSSR count). The Morgan fingerprint density at radius 1 is 1.35 bits per heavy atom. The first-order chi connectivity index (χ1) is 9.56. The fraction of sp³-hybridized carbons (Fsp3) is 0.643. The standard InChI is InChI=1S/C14H23N5O/c1-6-7-19-11(4)13(10(3)17-19)14-16-12(18-20-14)8-9(2)15-5/h9,15H,6-8H2,1-5H3. The van der Waals surface area contributed by atoms with Crippen LogP contribution in [-0.2, 0) is 13.0 Å². The van der Waals surface area contributed by atoms with Gasteiger partial charge in [0, 0.05) is 24.7 Å². The summed E-state index contributed by atoms with van der Waals surface area (Å²) in [4.78, 5) is 4.49. The molecule has 0 fully saturated rings. The van der Waals surface area contributed by atoms with Crippen LogP contribution in [-0.4, -0.2) is 33.0 Å². The number of likely N-dealkylation sites (N-methyl/N-ethyl adjacent to an activating group) is 1. The van der Waals surface area contributed by atoms with Gasteiger partial charge in [-0.2, -0.15) is 10.1 Å². The highest BCUT2D eigenvalue weighted by Crippen LogP contribution is 2.25. The van der Waals surface area contributed by atoms with Gasteiger partial charge in [-0.15, -0.1) is 0 Å². The molecule has 0 bridgehead atoms. The Kier molecular flexibility index (Phi) is 4.54. The highest BCUT2D eigenvalue weighted by molar-refractivity contribution is 5.59. The third-order valence-corrected chi connectivity index (χ3v) is 3.48. The van der Waals surface area contributed by atoms with Gasteiger partial charge in [0.1, 0.15) is 0 Å². The Hall–Kier alpha value is -1.69. The van der Waals surface area contributed by atoms with E-state index in [4.69, 9.17) is 4.52 Å². The number of rotatable bonds is 6. The molecule has 0 saturated heterocycles. The van der Waals surface area contributed by atoms with Crippen LogP contribution in [0.4, 0.5) is 0 Å². The summed E-state index contributed by atoms with van der Waals surface area (Å²) in [7, 11) is 1.93. The smallest absolute Gasteiger partial charge is 0.261 e. The van der Waals surface area contributed by atoms with Crippen molar-refractivity contribution < 1.29 is 4.52 Å². The minimum absolute atomic E-state index is 0.324. The van der Waals surface area contributed by atoms with Crippen LogP contribution in [0.1, 0.15) is 37.5 Å². The van der Waals surface area contributed by atoms with Crippen molar-refractivity contribution in [2.75, 3.05) is 7.05 Å². The maximum Gasteiger partial charge on any atom is 0.261 e. The van der Waals surface area contributed by atoms with Gasteiger partial charge in [0.2, 0.25) is 0 Å². The largest absolute Gasteiger partial charge is 0.334 e. The van der Waals surface area contributed by atoms with Crippen LogP contribution in [0.5, 0.6) is 0 Å². The van der Waals surface area contributed by atoms with Gasteiger partial charge >= 0.3 is 0 Å². The van der Waals surface area contributed by atoms with Crippen molar-refractivity contribution in [3.8, 4) is 11.5 Å². The van der Waals surface area contributed by atoms with Crippen LogP contribution in [0.15, 0.2) is 4.52 Å². The Morgan fingerprint density at radius 3 is 2.75 bits per heavy atom. The van der Waals surface area contributed by atoms with Gasteiger partial charge in [-0.05, 0) is 34.2 Å². The molecule has 0 amide bonds. The summed E-state index contributed by atoms with van der Waals surface area (Å²) in [6, 6.07) is 0.324. The lowest BCUT2D eigenvalue weighted by molar-refractivity contribution is 0.417. The summed E-state index contributed by atoms with van der Waals surface area (Å²) in [5, 5.41) is 11.8. The second-order valence-corrected chi connectivity index (χ2v) is 5.18. The molecule has 0 aliphatic heterocycles. The molecule has 2 aromatic rings. The lowest BCUT2D eigenvalue weighted by Crippen LogP contribution is -2.24. The number of nitrogens with zero attached hydrogens (tertiary/aromatic N) is 4. The molecule has 0 aromatic carbocycles. The number of hydrogen-bond acceptors (Lipinski definition) is 5.